The van der Waals surface area contributed by atoms with Gasteiger partial charge in [-0.1, -0.05) is 127 Å². The fourth-order valence-corrected chi connectivity index (χ4v) is 6.65. The van der Waals surface area contributed by atoms with E-state index in [0.29, 0.717) is 0 Å². The molecule has 0 unspecified atom stereocenters. The van der Waals surface area contributed by atoms with Gasteiger partial charge in [0.25, 0.3) is 0 Å². The Balaban J connectivity index is 1.51. The Morgan fingerprint density at radius 2 is 1.09 bits per heavy atom. The van der Waals surface area contributed by atoms with Crippen molar-refractivity contribution in [3.63, 3.8) is 0 Å². The van der Waals surface area contributed by atoms with Gasteiger partial charge in [0.2, 0.25) is 0 Å². The zero-order valence-electron chi connectivity index (χ0n) is 24.3. The summed E-state index contributed by atoms with van der Waals surface area (Å²) in [4.78, 5) is 10.1. The number of pyridine rings is 2. The zero-order valence-corrected chi connectivity index (χ0v) is 24.3. The van der Waals surface area contributed by atoms with Crippen molar-refractivity contribution in [1.82, 2.24) is 19.7 Å². The van der Waals surface area contributed by atoms with Gasteiger partial charge in [0.15, 0.2) is 0 Å². The topological polar surface area (TPSA) is 43.6 Å². The van der Waals surface area contributed by atoms with Gasteiger partial charge in [-0.3, -0.25) is 4.98 Å². The van der Waals surface area contributed by atoms with E-state index in [1.165, 1.54) is 0 Å². The van der Waals surface area contributed by atoms with E-state index in [-0.39, 0.29) is 0 Å². The molecule has 0 saturated carbocycles. The van der Waals surface area contributed by atoms with Crippen molar-refractivity contribution in [3.8, 4) is 39.3 Å². The monoisotopic (exact) mass is 574 g/mol. The van der Waals surface area contributed by atoms with Crippen molar-refractivity contribution in [2.45, 2.75) is 0 Å². The van der Waals surface area contributed by atoms with E-state index in [1.807, 2.05) is 18.3 Å². The highest BCUT2D eigenvalue weighted by atomic mass is 15.3. The van der Waals surface area contributed by atoms with Crippen LogP contribution in [-0.2, 0) is 0 Å². The molecule has 3 aromatic heterocycles. The molecule has 6 aromatic carbocycles. The van der Waals surface area contributed by atoms with Gasteiger partial charge in [0.05, 0.1) is 27.9 Å². The molecule has 0 radical (unpaired) electrons. The Labute approximate surface area is 259 Å². The second-order valence-corrected chi connectivity index (χ2v) is 11.3. The first kappa shape index (κ1) is 25.4. The molecule has 0 N–H and O–H groups in total. The third-order valence-electron chi connectivity index (χ3n) is 8.64. The second kappa shape index (κ2) is 10.2. The fourth-order valence-electron chi connectivity index (χ4n) is 6.65. The quantitative estimate of drug-likeness (QED) is 0.196. The van der Waals surface area contributed by atoms with Crippen LogP contribution >= 0.6 is 0 Å². The predicted molar refractivity (Wildman–Crippen MR) is 185 cm³/mol. The molecule has 0 fully saturated rings. The first-order valence-corrected chi connectivity index (χ1v) is 15.1. The number of nitrogens with zero attached hydrogens (tertiary/aromatic N) is 4. The van der Waals surface area contributed by atoms with Crippen LogP contribution in [0.2, 0.25) is 0 Å². The number of hydrogen-bond acceptors (Lipinski definition) is 3. The van der Waals surface area contributed by atoms with Crippen LogP contribution < -0.4 is 0 Å². The smallest absolute Gasteiger partial charge is 0.101 e. The summed E-state index contributed by atoms with van der Waals surface area (Å²) in [5.74, 6) is 0. The minimum Gasteiger partial charge on any atom is -0.254 e. The molecule has 0 aliphatic carbocycles. The number of para-hydroxylation sites is 1. The lowest BCUT2D eigenvalue weighted by molar-refractivity contribution is 0.918. The summed E-state index contributed by atoms with van der Waals surface area (Å²) in [7, 11) is 0. The van der Waals surface area contributed by atoms with Gasteiger partial charge < -0.3 is 0 Å². The summed E-state index contributed by atoms with van der Waals surface area (Å²) in [6.07, 6.45) is 1.84. The van der Waals surface area contributed by atoms with E-state index < -0.39 is 0 Å². The van der Waals surface area contributed by atoms with Gasteiger partial charge >= 0.3 is 0 Å². The van der Waals surface area contributed by atoms with Crippen LogP contribution in [0.25, 0.3) is 82.8 Å². The van der Waals surface area contributed by atoms with Crippen molar-refractivity contribution in [2.24, 2.45) is 0 Å². The van der Waals surface area contributed by atoms with Gasteiger partial charge in [0, 0.05) is 44.4 Å². The summed E-state index contributed by atoms with van der Waals surface area (Å²) in [6, 6.07) is 52.9. The van der Waals surface area contributed by atoms with Crippen molar-refractivity contribution < 1.29 is 0 Å². The minimum absolute atomic E-state index is 0.900. The summed E-state index contributed by atoms with van der Waals surface area (Å²) >= 11 is 0. The predicted octanol–water partition coefficient (Wildman–Crippen LogP) is 10.3. The lowest BCUT2D eigenvalue weighted by atomic mass is 9.87. The van der Waals surface area contributed by atoms with E-state index in [9.17, 15) is 0 Å². The maximum Gasteiger partial charge on any atom is 0.101 e. The highest BCUT2D eigenvalue weighted by Crippen LogP contribution is 2.48. The van der Waals surface area contributed by atoms with E-state index in [2.05, 4.69) is 144 Å². The fraction of sp³-hybridized carbons (Fsp3) is 0. The van der Waals surface area contributed by atoms with E-state index in [1.54, 1.807) is 0 Å². The van der Waals surface area contributed by atoms with Crippen LogP contribution in [0.15, 0.2) is 158 Å². The molecule has 9 aromatic rings. The average molecular weight is 575 g/mol. The molecule has 45 heavy (non-hydrogen) atoms. The summed E-state index contributed by atoms with van der Waals surface area (Å²) in [5, 5.41) is 10.9. The van der Waals surface area contributed by atoms with Crippen molar-refractivity contribution in [2.75, 3.05) is 0 Å². The average Bonchev–Trinajstić information content (AvgIpc) is 3.53. The zero-order chi connectivity index (χ0) is 29.7. The lowest BCUT2D eigenvalue weighted by Crippen LogP contribution is -1.98. The molecule has 0 aliphatic heterocycles. The largest absolute Gasteiger partial charge is 0.254 e. The highest BCUT2D eigenvalue weighted by Gasteiger charge is 2.26. The van der Waals surface area contributed by atoms with Crippen LogP contribution in [0.1, 0.15) is 0 Å². The molecule has 0 bridgehead atoms. The van der Waals surface area contributed by atoms with Crippen molar-refractivity contribution in [1.29, 1.82) is 0 Å². The molecule has 4 heteroatoms. The molecular weight excluding hydrogens is 548 g/mol. The van der Waals surface area contributed by atoms with Crippen molar-refractivity contribution in [3.05, 3.63) is 158 Å². The molecule has 0 saturated heterocycles. The summed E-state index contributed by atoms with van der Waals surface area (Å²) < 4.78 is 2.11. The normalized spacial score (nSPS) is 11.6. The highest BCUT2D eigenvalue weighted by molar-refractivity contribution is 6.24. The first-order chi connectivity index (χ1) is 22.3. The molecule has 210 valence electrons. The van der Waals surface area contributed by atoms with E-state index >= 15 is 0 Å². The summed E-state index contributed by atoms with van der Waals surface area (Å²) in [6.45, 7) is 0. The molecule has 4 nitrogen and oxygen atoms in total. The van der Waals surface area contributed by atoms with Gasteiger partial charge in [-0.25, -0.2) is 9.67 Å². The van der Waals surface area contributed by atoms with Crippen LogP contribution in [0.4, 0.5) is 0 Å². The maximum absolute atomic E-state index is 5.39. The third-order valence-corrected chi connectivity index (χ3v) is 8.64. The van der Waals surface area contributed by atoms with Crippen LogP contribution in [0.5, 0.6) is 0 Å². The Kier molecular flexibility index (Phi) is 5.78. The third kappa shape index (κ3) is 4.04. The molecule has 3 heterocycles. The number of aromatic nitrogens is 4. The van der Waals surface area contributed by atoms with Gasteiger partial charge in [-0.05, 0) is 35.2 Å². The summed E-state index contributed by atoms with van der Waals surface area (Å²) in [5.41, 5.74) is 10.1. The first-order valence-electron chi connectivity index (χ1n) is 15.1. The number of benzene rings is 6. The molecule has 0 spiro atoms. The molecule has 0 aliphatic rings. The Bertz CT molecular complexity index is 2520. The van der Waals surface area contributed by atoms with Gasteiger partial charge in [-0.2, -0.15) is 5.10 Å². The number of hydrogen-bond donors (Lipinski definition) is 0. The van der Waals surface area contributed by atoms with E-state index in [4.69, 9.17) is 15.1 Å². The van der Waals surface area contributed by atoms with Gasteiger partial charge in [-0.15, -0.1) is 0 Å². The van der Waals surface area contributed by atoms with Crippen LogP contribution in [0, 0.1) is 0 Å². The maximum atomic E-state index is 5.39. The van der Waals surface area contributed by atoms with Gasteiger partial charge in [0.1, 0.15) is 5.69 Å². The molecular formula is C41H26N4. The number of rotatable bonds is 4. The van der Waals surface area contributed by atoms with Crippen LogP contribution in [0.3, 0.4) is 0 Å². The molecule has 9 rings (SSSR count). The molecule has 0 amide bonds. The lowest BCUT2D eigenvalue weighted by Gasteiger charge is -2.18. The Morgan fingerprint density at radius 3 is 1.84 bits per heavy atom. The number of fused-ring (bicyclic) bond motifs is 6. The minimum atomic E-state index is 0.900. The standard InChI is InChI=1S/C41H26N4/c1-4-13-27(14-5-1)35-36(34-25-24-30-23-22-29-17-12-26-42-39(29)40(30)43-34)32-20-10-11-21-33(32)41-37(35)38(28-15-6-2-7-16-28)44-45(41)31-18-8-3-9-19-31/h1-26H. The molecule has 0 atom stereocenters. The Hall–Kier alpha value is -6.13. The SMILES string of the molecule is c1ccc(-c2nn(-c3ccccc3)c3c2c(-c2ccccc2)c(-c2ccc4ccc5cccnc5c4n2)c2ccccc23)cc1. The van der Waals surface area contributed by atoms with E-state index in [0.717, 1.165) is 82.8 Å². The van der Waals surface area contributed by atoms with Crippen molar-refractivity contribution >= 4 is 43.5 Å². The Morgan fingerprint density at radius 1 is 0.467 bits per heavy atom. The van der Waals surface area contributed by atoms with Crippen LogP contribution in [-0.4, -0.2) is 19.7 Å². The second-order valence-electron chi connectivity index (χ2n) is 11.3.